The van der Waals surface area contributed by atoms with Crippen LogP contribution < -0.4 is 10.6 Å². The van der Waals surface area contributed by atoms with E-state index in [0.717, 1.165) is 71.1 Å². The van der Waals surface area contributed by atoms with Crippen LogP contribution >= 0.6 is 0 Å². The summed E-state index contributed by atoms with van der Waals surface area (Å²) in [5, 5.41) is 8.14. The van der Waals surface area contributed by atoms with Crippen LogP contribution in [0.4, 0.5) is 4.39 Å². The average molecular weight is 590 g/mol. The predicted molar refractivity (Wildman–Crippen MR) is 175 cm³/mol. The maximum absolute atomic E-state index is 14.5. The highest BCUT2D eigenvalue weighted by Crippen LogP contribution is 2.51. The fraction of sp³-hybridized carbons (Fsp3) is 0.316. The van der Waals surface area contributed by atoms with Gasteiger partial charge in [0, 0.05) is 24.4 Å². The van der Waals surface area contributed by atoms with Gasteiger partial charge in [0.25, 0.3) is 5.91 Å². The summed E-state index contributed by atoms with van der Waals surface area (Å²) in [6.45, 7) is 8.88. The van der Waals surface area contributed by atoms with E-state index in [9.17, 15) is 14.0 Å². The summed E-state index contributed by atoms with van der Waals surface area (Å²) in [5.74, 6) is -0.236. The number of unbranched alkanes of at least 4 members (excludes halogenated alkanes) is 1. The monoisotopic (exact) mass is 589 g/mol. The van der Waals surface area contributed by atoms with Gasteiger partial charge < -0.3 is 15.5 Å². The molecule has 1 aliphatic carbocycles. The van der Waals surface area contributed by atoms with Gasteiger partial charge in [-0.15, -0.1) is 0 Å². The lowest BCUT2D eigenvalue weighted by atomic mass is 9.73. The number of halogens is 1. The first kappa shape index (κ1) is 29.6. The van der Waals surface area contributed by atoms with Crippen molar-refractivity contribution < 1.29 is 14.0 Å². The highest BCUT2D eigenvalue weighted by atomic mass is 19.1. The number of amides is 2. The predicted octanol–water partition coefficient (Wildman–Crippen LogP) is 7.16. The number of hydrogen-bond donors (Lipinski definition) is 2. The van der Waals surface area contributed by atoms with Crippen molar-refractivity contribution in [3.8, 4) is 11.1 Å². The lowest BCUT2D eigenvalue weighted by molar-refractivity contribution is -0.126. The van der Waals surface area contributed by atoms with Gasteiger partial charge in [0.2, 0.25) is 5.91 Å². The fourth-order valence-electron chi connectivity index (χ4n) is 6.97. The lowest BCUT2D eigenvalue weighted by Crippen LogP contribution is -2.47. The van der Waals surface area contributed by atoms with E-state index >= 15 is 0 Å². The maximum atomic E-state index is 14.5. The molecule has 1 fully saturated rings. The summed E-state index contributed by atoms with van der Waals surface area (Å²) >= 11 is 0. The van der Waals surface area contributed by atoms with Gasteiger partial charge in [-0.2, -0.15) is 0 Å². The largest absolute Gasteiger partial charge is 0.374 e. The molecule has 2 N–H and O–H groups in total. The van der Waals surface area contributed by atoms with Crippen LogP contribution in [0.5, 0.6) is 0 Å². The molecule has 226 valence electrons. The molecule has 1 atom stereocenters. The summed E-state index contributed by atoms with van der Waals surface area (Å²) in [4.78, 5) is 29.6. The number of likely N-dealkylation sites (tertiary alicyclic amines) is 1. The highest BCUT2D eigenvalue weighted by molar-refractivity contribution is 6.07. The van der Waals surface area contributed by atoms with E-state index in [1.165, 1.54) is 13.8 Å². The number of nitrogens with one attached hydrogen (secondary N) is 2. The summed E-state index contributed by atoms with van der Waals surface area (Å²) in [6.07, 6.45) is 3.07. The van der Waals surface area contributed by atoms with Crippen molar-refractivity contribution in [2.75, 3.05) is 19.6 Å². The summed E-state index contributed by atoms with van der Waals surface area (Å²) in [6, 6.07) is 29.8. The molecule has 1 aliphatic heterocycles. The Balaban J connectivity index is 1.13. The topological polar surface area (TPSA) is 61.4 Å². The van der Waals surface area contributed by atoms with Gasteiger partial charge in [-0.25, -0.2) is 4.39 Å². The normalized spacial score (nSPS) is 16.9. The van der Waals surface area contributed by atoms with E-state index in [2.05, 4.69) is 34.2 Å². The standard InChI is InChI=1S/C38H40FN3O2/c1-26-34(41-35(43)31-18-12-14-27-13-4-5-15-28(27)31)21-24-42(26)23-11-10-22-38(36(44)40-25-37(2,3)39)32-19-8-6-16-29(32)30-17-7-9-20-33(30)38/h4-9,12-20,34H,1,10-11,21-25H2,2-3H3,(H,40,44)(H,41,43). The zero-order valence-corrected chi connectivity index (χ0v) is 25.5. The van der Waals surface area contributed by atoms with Crippen molar-refractivity contribution in [2.24, 2.45) is 0 Å². The Morgan fingerprint density at radius 3 is 2.25 bits per heavy atom. The Morgan fingerprint density at radius 1 is 0.909 bits per heavy atom. The molecule has 6 rings (SSSR count). The van der Waals surface area contributed by atoms with Crippen LogP contribution in [0, 0.1) is 0 Å². The number of benzene rings is 4. The number of hydrogen-bond acceptors (Lipinski definition) is 3. The second kappa shape index (κ2) is 11.9. The van der Waals surface area contributed by atoms with Gasteiger partial charge in [0.05, 0.1) is 12.6 Å². The Kier molecular flexibility index (Phi) is 8.02. The molecule has 2 amide bonds. The number of carbonyl (C=O) groups is 2. The van der Waals surface area contributed by atoms with Gasteiger partial charge in [0.15, 0.2) is 0 Å². The first-order valence-corrected chi connectivity index (χ1v) is 15.6. The molecule has 4 aromatic carbocycles. The molecule has 0 spiro atoms. The summed E-state index contributed by atoms with van der Waals surface area (Å²) < 4.78 is 14.5. The molecule has 0 bridgehead atoms. The summed E-state index contributed by atoms with van der Waals surface area (Å²) in [7, 11) is 0. The van der Waals surface area contributed by atoms with Crippen LogP contribution in [0.25, 0.3) is 21.9 Å². The Labute approximate surface area is 259 Å². The second-order valence-electron chi connectivity index (χ2n) is 12.7. The van der Waals surface area contributed by atoms with E-state index in [-0.39, 0.29) is 24.4 Å². The SMILES string of the molecule is C=C1C(NC(=O)c2cccc3ccccc23)CCN1CCCCC1(C(=O)NCC(C)(C)F)c2ccccc2-c2ccccc21. The number of carbonyl (C=O) groups excluding carboxylic acids is 2. The molecule has 2 aliphatic rings. The van der Waals surface area contributed by atoms with Crippen molar-refractivity contribution in [3.05, 3.63) is 120 Å². The van der Waals surface area contributed by atoms with Crippen molar-refractivity contribution in [2.45, 2.75) is 56.7 Å². The minimum atomic E-state index is -1.51. The molecule has 1 unspecified atom stereocenters. The molecule has 4 aromatic rings. The molecular formula is C38H40FN3O2. The van der Waals surface area contributed by atoms with E-state index in [4.69, 9.17) is 0 Å². The van der Waals surface area contributed by atoms with Gasteiger partial charge in [-0.1, -0.05) is 91.5 Å². The first-order valence-electron chi connectivity index (χ1n) is 15.6. The van der Waals surface area contributed by atoms with Gasteiger partial charge in [-0.05, 0) is 78.6 Å². The van der Waals surface area contributed by atoms with Crippen molar-refractivity contribution in [1.29, 1.82) is 0 Å². The van der Waals surface area contributed by atoms with Crippen LogP contribution in [-0.2, 0) is 10.2 Å². The molecule has 1 heterocycles. The molecular weight excluding hydrogens is 549 g/mol. The number of nitrogens with zero attached hydrogens (tertiary/aromatic N) is 1. The average Bonchev–Trinajstić information content (AvgIpc) is 3.52. The number of fused-ring (bicyclic) bond motifs is 4. The highest BCUT2D eigenvalue weighted by Gasteiger charge is 2.48. The molecule has 44 heavy (non-hydrogen) atoms. The molecule has 0 saturated carbocycles. The zero-order chi connectivity index (χ0) is 30.9. The van der Waals surface area contributed by atoms with Gasteiger partial charge in [0.1, 0.15) is 11.1 Å². The number of rotatable bonds is 10. The molecule has 6 heteroatoms. The Bertz CT molecular complexity index is 1670. The maximum Gasteiger partial charge on any atom is 0.252 e. The Morgan fingerprint density at radius 2 is 1.55 bits per heavy atom. The fourth-order valence-corrected chi connectivity index (χ4v) is 6.97. The zero-order valence-electron chi connectivity index (χ0n) is 25.5. The van der Waals surface area contributed by atoms with Crippen molar-refractivity contribution in [3.63, 3.8) is 0 Å². The molecule has 5 nitrogen and oxygen atoms in total. The van der Waals surface area contributed by atoms with E-state index < -0.39 is 11.1 Å². The third-order valence-corrected chi connectivity index (χ3v) is 9.19. The van der Waals surface area contributed by atoms with Crippen LogP contribution in [0.1, 0.15) is 61.0 Å². The van der Waals surface area contributed by atoms with Gasteiger partial charge >= 0.3 is 0 Å². The molecule has 1 saturated heterocycles. The quantitative estimate of drug-likeness (QED) is 0.193. The van der Waals surface area contributed by atoms with Gasteiger partial charge in [-0.3, -0.25) is 9.59 Å². The van der Waals surface area contributed by atoms with Crippen LogP contribution in [0.3, 0.4) is 0 Å². The third-order valence-electron chi connectivity index (χ3n) is 9.19. The molecule has 0 radical (unpaired) electrons. The molecule has 0 aromatic heterocycles. The first-order chi connectivity index (χ1) is 21.2. The minimum absolute atomic E-state index is 0.0442. The Hall–Kier alpha value is -4.45. The van der Waals surface area contributed by atoms with E-state index in [0.29, 0.717) is 12.0 Å². The van der Waals surface area contributed by atoms with Crippen LogP contribution in [0.2, 0.25) is 0 Å². The minimum Gasteiger partial charge on any atom is -0.374 e. The lowest BCUT2D eigenvalue weighted by Gasteiger charge is -2.32. The second-order valence-corrected chi connectivity index (χ2v) is 12.7. The van der Waals surface area contributed by atoms with E-state index in [1.54, 1.807) is 0 Å². The van der Waals surface area contributed by atoms with Crippen LogP contribution in [0.15, 0.2) is 103 Å². The van der Waals surface area contributed by atoms with Crippen molar-refractivity contribution >= 4 is 22.6 Å². The van der Waals surface area contributed by atoms with Crippen molar-refractivity contribution in [1.82, 2.24) is 15.5 Å². The van der Waals surface area contributed by atoms with E-state index in [1.807, 2.05) is 78.9 Å². The summed E-state index contributed by atoms with van der Waals surface area (Å²) in [5.41, 5.74) is 3.30. The third kappa shape index (κ3) is 5.49. The smallest absolute Gasteiger partial charge is 0.252 e. The number of alkyl halides is 1. The van der Waals surface area contributed by atoms with Crippen LogP contribution in [-0.4, -0.2) is 48.1 Å².